The van der Waals surface area contributed by atoms with Crippen LogP contribution >= 0.6 is 0 Å². The molecular weight excluding hydrogens is 352 g/mol. The molecule has 0 fully saturated rings. The van der Waals surface area contributed by atoms with E-state index in [2.05, 4.69) is 0 Å². The number of carbonyl (C=O) groups is 2. The van der Waals surface area contributed by atoms with E-state index in [9.17, 15) is 18.4 Å². The van der Waals surface area contributed by atoms with Gasteiger partial charge in [0.2, 0.25) is 0 Å². The van der Waals surface area contributed by atoms with Gasteiger partial charge in [-0.25, -0.2) is 8.78 Å². The lowest BCUT2D eigenvalue weighted by atomic mass is 10.1. The van der Waals surface area contributed by atoms with Crippen molar-refractivity contribution in [3.63, 3.8) is 0 Å². The predicted molar refractivity (Wildman–Crippen MR) is 99.8 cm³/mol. The van der Waals surface area contributed by atoms with Gasteiger partial charge >= 0.3 is 5.97 Å². The first kappa shape index (κ1) is 20.6. The number of halogens is 2. The van der Waals surface area contributed by atoms with Gasteiger partial charge in [-0.2, -0.15) is 0 Å². The Kier molecular flexibility index (Phi) is 5.98. The van der Waals surface area contributed by atoms with Crippen molar-refractivity contribution >= 4 is 17.6 Å². The van der Waals surface area contributed by atoms with Gasteiger partial charge in [-0.3, -0.25) is 14.5 Å². The third-order valence-electron chi connectivity index (χ3n) is 3.93. The summed E-state index contributed by atoms with van der Waals surface area (Å²) >= 11 is 0. The van der Waals surface area contributed by atoms with Crippen molar-refractivity contribution in [1.82, 2.24) is 0 Å². The van der Waals surface area contributed by atoms with Crippen LogP contribution in [0.15, 0.2) is 36.4 Å². The third-order valence-corrected chi connectivity index (χ3v) is 3.93. The molecular formula is C21H23F2NO3. The van der Waals surface area contributed by atoms with E-state index in [1.165, 1.54) is 6.07 Å². The molecule has 0 atom stereocenters. The summed E-state index contributed by atoms with van der Waals surface area (Å²) in [6, 6.07) is 8.28. The largest absolute Gasteiger partial charge is 0.459 e. The first-order valence-electron chi connectivity index (χ1n) is 8.54. The number of benzene rings is 2. The van der Waals surface area contributed by atoms with E-state index in [1.807, 2.05) is 13.8 Å². The van der Waals surface area contributed by atoms with Crippen LogP contribution in [0.1, 0.15) is 42.3 Å². The van der Waals surface area contributed by atoms with Crippen molar-refractivity contribution in [2.75, 3.05) is 11.4 Å². The highest BCUT2D eigenvalue weighted by molar-refractivity contribution is 6.08. The van der Waals surface area contributed by atoms with Crippen LogP contribution in [-0.4, -0.2) is 24.0 Å². The fourth-order valence-corrected chi connectivity index (χ4v) is 2.51. The first-order chi connectivity index (χ1) is 12.5. The fourth-order valence-electron chi connectivity index (χ4n) is 2.51. The number of nitrogens with zero attached hydrogens (tertiary/aromatic N) is 1. The standard InChI is InChI=1S/C21H23F2NO3/c1-13-9-10-15(11-14(13)2)24(12-18(25)27-21(3,4)5)20(26)19-16(22)7-6-8-17(19)23/h6-11H,12H2,1-5H3. The van der Waals surface area contributed by atoms with E-state index in [0.717, 1.165) is 28.2 Å². The molecule has 144 valence electrons. The first-order valence-corrected chi connectivity index (χ1v) is 8.54. The molecule has 27 heavy (non-hydrogen) atoms. The van der Waals surface area contributed by atoms with Crippen molar-refractivity contribution < 1.29 is 23.1 Å². The summed E-state index contributed by atoms with van der Waals surface area (Å²) in [4.78, 5) is 26.2. The molecule has 0 unspecified atom stereocenters. The van der Waals surface area contributed by atoms with Crippen molar-refractivity contribution in [3.8, 4) is 0 Å². The molecule has 0 aliphatic rings. The molecule has 2 aromatic rings. The molecule has 6 heteroatoms. The SMILES string of the molecule is Cc1ccc(N(CC(=O)OC(C)(C)C)C(=O)c2c(F)cccc2F)cc1C. The molecule has 2 aromatic carbocycles. The van der Waals surface area contributed by atoms with Crippen LogP contribution in [-0.2, 0) is 9.53 Å². The lowest BCUT2D eigenvalue weighted by Crippen LogP contribution is -2.39. The van der Waals surface area contributed by atoms with Crippen LogP contribution in [0.4, 0.5) is 14.5 Å². The Balaban J connectivity index is 2.47. The van der Waals surface area contributed by atoms with Crippen molar-refractivity contribution in [2.24, 2.45) is 0 Å². The summed E-state index contributed by atoms with van der Waals surface area (Å²) in [5.74, 6) is -3.60. The van der Waals surface area contributed by atoms with Gasteiger partial charge in [0.1, 0.15) is 29.3 Å². The Bertz CT molecular complexity index is 852. The van der Waals surface area contributed by atoms with Gasteiger partial charge in [-0.05, 0) is 70.0 Å². The van der Waals surface area contributed by atoms with Gasteiger partial charge in [-0.1, -0.05) is 12.1 Å². The highest BCUT2D eigenvalue weighted by Crippen LogP contribution is 2.23. The molecule has 0 radical (unpaired) electrons. The van der Waals surface area contributed by atoms with Crippen molar-refractivity contribution in [2.45, 2.75) is 40.2 Å². The van der Waals surface area contributed by atoms with Crippen LogP contribution in [0.2, 0.25) is 0 Å². The van der Waals surface area contributed by atoms with E-state index in [-0.39, 0.29) is 0 Å². The van der Waals surface area contributed by atoms with Crippen molar-refractivity contribution in [3.05, 3.63) is 64.7 Å². The van der Waals surface area contributed by atoms with E-state index < -0.39 is 41.2 Å². The van der Waals surface area contributed by atoms with E-state index in [0.29, 0.717) is 5.69 Å². The molecule has 0 bridgehead atoms. The predicted octanol–water partition coefficient (Wildman–Crippen LogP) is 4.57. The second-order valence-electron chi connectivity index (χ2n) is 7.34. The maximum atomic E-state index is 14.1. The lowest BCUT2D eigenvalue weighted by Gasteiger charge is -2.26. The number of anilines is 1. The number of ether oxygens (including phenoxy) is 1. The Labute approximate surface area is 157 Å². The molecule has 0 saturated heterocycles. The molecule has 0 aromatic heterocycles. The van der Waals surface area contributed by atoms with Crippen LogP contribution in [0.5, 0.6) is 0 Å². The van der Waals surface area contributed by atoms with E-state index >= 15 is 0 Å². The minimum atomic E-state index is -0.988. The van der Waals surface area contributed by atoms with E-state index in [1.54, 1.807) is 39.0 Å². The number of carbonyl (C=O) groups excluding carboxylic acids is 2. The summed E-state index contributed by atoms with van der Waals surface area (Å²) in [5, 5.41) is 0. The number of amides is 1. The number of aryl methyl sites for hydroxylation is 2. The Morgan fingerprint density at radius 2 is 1.59 bits per heavy atom. The smallest absolute Gasteiger partial charge is 0.326 e. The summed E-state index contributed by atoms with van der Waals surface area (Å²) in [6.45, 7) is 8.37. The summed E-state index contributed by atoms with van der Waals surface area (Å²) in [5.41, 5.74) is 0.762. The zero-order chi connectivity index (χ0) is 20.4. The molecule has 0 aliphatic heterocycles. The van der Waals surface area contributed by atoms with Gasteiger partial charge < -0.3 is 4.74 Å². The summed E-state index contributed by atoms with van der Waals surface area (Å²) < 4.78 is 33.5. The second kappa shape index (κ2) is 7.86. The lowest BCUT2D eigenvalue weighted by molar-refractivity contribution is -0.152. The van der Waals surface area contributed by atoms with Crippen LogP contribution in [0.3, 0.4) is 0 Å². The summed E-state index contributed by atoms with van der Waals surface area (Å²) in [6.07, 6.45) is 0. The van der Waals surface area contributed by atoms with Crippen molar-refractivity contribution in [1.29, 1.82) is 0 Å². The molecule has 4 nitrogen and oxygen atoms in total. The van der Waals surface area contributed by atoms with Gasteiger partial charge in [0.05, 0.1) is 0 Å². The molecule has 0 aliphatic carbocycles. The van der Waals surface area contributed by atoms with Gasteiger partial charge in [0, 0.05) is 5.69 Å². The van der Waals surface area contributed by atoms with Crippen LogP contribution < -0.4 is 4.90 Å². The average molecular weight is 375 g/mol. The second-order valence-corrected chi connectivity index (χ2v) is 7.34. The minimum absolute atomic E-state index is 0.358. The van der Waals surface area contributed by atoms with Crippen LogP contribution in [0.25, 0.3) is 0 Å². The zero-order valence-electron chi connectivity index (χ0n) is 16.1. The van der Waals surface area contributed by atoms with Gasteiger partial charge in [-0.15, -0.1) is 0 Å². The average Bonchev–Trinajstić information content (AvgIpc) is 2.53. The number of hydrogen-bond donors (Lipinski definition) is 0. The molecule has 1 amide bonds. The molecule has 0 saturated carbocycles. The minimum Gasteiger partial charge on any atom is -0.459 e. The maximum Gasteiger partial charge on any atom is 0.326 e. The normalized spacial score (nSPS) is 11.2. The quantitative estimate of drug-likeness (QED) is 0.736. The van der Waals surface area contributed by atoms with Gasteiger partial charge in [0.25, 0.3) is 5.91 Å². The number of esters is 1. The Hall–Kier alpha value is -2.76. The highest BCUT2D eigenvalue weighted by Gasteiger charge is 2.28. The van der Waals surface area contributed by atoms with Gasteiger partial charge in [0.15, 0.2) is 0 Å². The molecule has 0 spiro atoms. The topological polar surface area (TPSA) is 46.6 Å². The Morgan fingerprint density at radius 3 is 2.11 bits per heavy atom. The molecule has 2 rings (SSSR count). The highest BCUT2D eigenvalue weighted by atomic mass is 19.1. The summed E-state index contributed by atoms with van der Waals surface area (Å²) in [7, 11) is 0. The third kappa shape index (κ3) is 5.12. The maximum absolute atomic E-state index is 14.1. The van der Waals surface area contributed by atoms with E-state index in [4.69, 9.17) is 4.74 Å². The molecule has 0 N–H and O–H groups in total. The Morgan fingerprint density at radius 1 is 1.00 bits per heavy atom. The monoisotopic (exact) mass is 375 g/mol. The fraction of sp³-hybridized carbons (Fsp3) is 0.333. The number of hydrogen-bond acceptors (Lipinski definition) is 3. The zero-order valence-corrected chi connectivity index (χ0v) is 16.1. The molecule has 0 heterocycles. The van der Waals surface area contributed by atoms with Crippen LogP contribution in [0, 0.1) is 25.5 Å². The number of rotatable bonds is 4.